The summed E-state index contributed by atoms with van der Waals surface area (Å²) >= 11 is 0. The Balaban J connectivity index is 2.41. The molecule has 0 aliphatic heterocycles. The van der Waals surface area contributed by atoms with Crippen molar-refractivity contribution < 1.29 is 5.11 Å². The van der Waals surface area contributed by atoms with Gasteiger partial charge >= 0.3 is 0 Å². The van der Waals surface area contributed by atoms with E-state index < -0.39 is 0 Å². The van der Waals surface area contributed by atoms with Crippen LogP contribution in [0.15, 0.2) is 0 Å². The van der Waals surface area contributed by atoms with Gasteiger partial charge in [0.25, 0.3) is 0 Å². The van der Waals surface area contributed by atoms with E-state index in [4.69, 9.17) is 10.8 Å². The van der Waals surface area contributed by atoms with Crippen LogP contribution in [0.4, 0.5) is 0 Å². The maximum absolute atomic E-state index is 8.75. The van der Waals surface area contributed by atoms with Crippen LogP contribution in [0.1, 0.15) is 19.8 Å². The summed E-state index contributed by atoms with van der Waals surface area (Å²) in [5.74, 6) is 0. The maximum Gasteiger partial charge on any atom is 0.0502 e. The first-order chi connectivity index (χ1) is 3.71. The number of hydrogen-bond acceptors (Lipinski definition) is 2. The quantitative estimate of drug-likeness (QED) is 0.536. The summed E-state index contributed by atoms with van der Waals surface area (Å²) in [6.45, 7) is 2.23. The Morgan fingerprint density at radius 2 is 2.25 bits per heavy atom. The normalized spacial score (nSPS) is 27.4. The van der Waals surface area contributed by atoms with E-state index in [0.717, 1.165) is 12.8 Å². The standard InChI is InChI=1S/C6H13NO/c1-5(7)6(4-8)2-3-6/h5,8H,2-4,7H2,1H3/t5-/m0/s1. The van der Waals surface area contributed by atoms with Crippen molar-refractivity contribution in [3.05, 3.63) is 0 Å². The van der Waals surface area contributed by atoms with Crippen molar-refractivity contribution in [1.29, 1.82) is 0 Å². The van der Waals surface area contributed by atoms with Crippen LogP contribution in [0.2, 0.25) is 0 Å². The Labute approximate surface area is 49.7 Å². The second-order valence-electron chi connectivity index (χ2n) is 2.81. The molecule has 0 aromatic rings. The lowest BCUT2D eigenvalue weighted by Gasteiger charge is -2.14. The highest BCUT2D eigenvalue weighted by atomic mass is 16.3. The molecule has 2 nitrogen and oxygen atoms in total. The van der Waals surface area contributed by atoms with E-state index in [0.29, 0.717) is 0 Å². The minimum atomic E-state index is 0.125. The van der Waals surface area contributed by atoms with Gasteiger partial charge in [0.15, 0.2) is 0 Å². The number of hydrogen-bond donors (Lipinski definition) is 2. The molecule has 0 heterocycles. The Bertz CT molecular complexity index is 86.5. The summed E-state index contributed by atoms with van der Waals surface area (Å²) in [6.07, 6.45) is 2.22. The summed E-state index contributed by atoms with van der Waals surface area (Å²) in [5.41, 5.74) is 5.71. The Kier molecular flexibility index (Phi) is 1.29. The molecule has 0 spiro atoms. The lowest BCUT2D eigenvalue weighted by molar-refractivity contribution is 0.192. The molecular weight excluding hydrogens is 102 g/mol. The third-order valence-corrected chi connectivity index (χ3v) is 2.17. The number of aliphatic hydroxyl groups excluding tert-OH is 1. The largest absolute Gasteiger partial charge is 0.396 e. The van der Waals surface area contributed by atoms with Gasteiger partial charge in [-0.25, -0.2) is 0 Å². The molecular formula is C6H13NO. The van der Waals surface area contributed by atoms with Crippen LogP contribution in [0.25, 0.3) is 0 Å². The van der Waals surface area contributed by atoms with Crippen molar-refractivity contribution >= 4 is 0 Å². The second-order valence-corrected chi connectivity index (χ2v) is 2.81. The first-order valence-corrected chi connectivity index (χ1v) is 3.08. The summed E-state index contributed by atoms with van der Waals surface area (Å²) in [7, 11) is 0. The molecule has 1 saturated carbocycles. The number of nitrogens with two attached hydrogens (primary N) is 1. The lowest BCUT2D eigenvalue weighted by atomic mass is 10.0. The molecule has 2 heteroatoms. The molecule has 0 bridgehead atoms. The van der Waals surface area contributed by atoms with Gasteiger partial charge < -0.3 is 10.8 Å². The van der Waals surface area contributed by atoms with Gasteiger partial charge in [-0.2, -0.15) is 0 Å². The van der Waals surface area contributed by atoms with Crippen molar-refractivity contribution in [3.8, 4) is 0 Å². The third-order valence-electron chi connectivity index (χ3n) is 2.17. The first kappa shape index (κ1) is 6.05. The first-order valence-electron chi connectivity index (χ1n) is 3.08. The molecule has 0 aromatic carbocycles. The molecule has 8 heavy (non-hydrogen) atoms. The fraction of sp³-hybridized carbons (Fsp3) is 1.00. The molecule has 0 amide bonds. The van der Waals surface area contributed by atoms with Crippen LogP contribution in [0.3, 0.4) is 0 Å². The summed E-state index contributed by atoms with van der Waals surface area (Å²) < 4.78 is 0. The topological polar surface area (TPSA) is 46.2 Å². The van der Waals surface area contributed by atoms with Gasteiger partial charge in [0, 0.05) is 11.5 Å². The molecule has 1 aliphatic carbocycles. The third kappa shape index (κ3) is 0.740. The predicted molar refractivity (Wildman–Crippen MR) is 32.4 cm³/mol. The summed E-state index contributed by atoms with van der Waals surface area (Å²) in [4.78, 5) is 0. The SMILES string of the molecule is C[C@H](N)C1(CO)CC1. The van der Waals surface area contributed by atoms with Crippen molar-refractivity contribution in [2.75, 3.05) is 6.61 Å². The average molecular weight is 115 g/mol. The zero-order chi connectivity index (χ0) is 6.20. The maximum atomic E-state index is 8.75. The van der Waals surface area contributed by atoms with Crippen LogP contribution in [0, 0.1) is 5.41 Å². The van der Waals surface area contributed by atoms with E-state index in [-0.39, 0.29) is 18.1 Å². The van der Waals surface area contributed by atoms with Crippen LogP contribution in [0.5, 0.6) is 0 Å². The van der Waals surface area contributed by atoms with Gasteiger partial charge in [0.2, 0.25) is 0 Å². The fourth-order valence-electron chi connectivity index (χ4n) is 0.918. The molecule has 0 radical (unpaired) electrons. The van der Waals surface area contributed by atoms with E-state index in [1.54, 1.807) is 0 Å². The van der Waals surface area contributed by atoms with Crippen molar-refractivity contribution in [2.45, 2.75) is 25.8 Å². The van der Waals surface area contributed by atoms with Crippen LogP contribution >= 0.6 is 0 Å². The van der Waals surface area contributed by atoms with Crippen molar-refractivity contribution in [2.24, 2.45) is 11.1 Å². The second kappa shape index (κ2) is 1.71. The van der Waals surface area contributed by atoms with Crippen LogP contribution < -0.4 is 5.73 Å². The van der Waals surface area contributed by atoms with Crippen molar-refractivity contribution in [1.82, 2.24) is 0 Å². The minimum absolute atomic E-state index is 0.125. The molecule has 1 fully saturated rings. The fourth-order valence-corrected chi connectivity index (χ4v) is 0.918. The minimum Gasteiger partial charge on any atom is -0.396 e. The van der Waals surface area contributed by atoms with Gasteiger partial charge in [-0.05, 0) is 19.8 Å². The van der Waals surface area contributed by atoms with Gasteiger partial charge in [0.1, 0.15) is 0 Å². The molecule has 3 N–H and O–H groups in total. The molecule has 0 saturated heterocycles. The zero-order valence-electron chi connectivity index (χ0n) is 5.22. The van der Waals surface area contributed by atoms with Crippen LogP contribution in [-0.2, 0) is 0 Å². The summed E-state index contributed by atoms with van der Waals surface area (Å²) in [6, 6.07) is 0.174. The Morgan fingerprint density at radius 1 is 1.75 bits per heavy atom. The highest BCUT2D eigenvalue weighted by Crippen LogP contribution is 2.47. The zero-order valence-corrected chi connectivity index (χ0v) is 5.22. The van der Waals surface area contributed by atoms with E-state index in [2.05, 4.69) is 0 Å². The smallest absolute Gasteiger partial charge is 0.0502 e. The predicted octanol–water partition coefficient (Wildman–Crippen LogP) is 0.106. The number of aliphatic hydroxyl groups is 1. The summed E-state index contributed by atoms with van der Waals surface area (Å²) in [5, 5.41) is 8.75. The highest BCUT2D eigenvalue weighted by molar-refractivity contribution is 4.98. The lowest BCUT2D eigenvalue weighted by Crippen LogP contribution is -2.30. The molecule has 0 unspecified atom stereocenters. The van der Waals surface area contributed by atoms with E-state index in [1.807, 2.05) is 6.92 Å². The molecule has 1 aliphatic rings. The monoisotopic (exact) mass is 115 g/mol. The number of rotatable bonds is 2. The molecule has 0 aromatic heterocycles. The molecule has 1 atom stereocenters. The van der Waals surface area contributed by atoms with Crippen molar-refractivity contribution in [3.63, 3.8) is 0 Å². The van der Waals surface area contributed by atoms with Gasteiger partial charge in [-0.15, -0.1) is 0 Å². The Morgan fingerprint density at radius 3 is 2.25 bits per heavy atom. The van der Waals surface area contributed by atoms with Gasteiger partial charge in [0.05, 0.1) is 6.61 Å². The van der Waals surface area contributed by atoms with E-state index in [1.165, 1.54) is 0 Å². The van der Waals surface area contributed by atoms with E-state index >= 15 is 0 Å². The molecule has 1 rings (SSSR count). The molecule has 48 valence electrons. The van der Waals surface area contributed by atoms with Crippen LogP contribution in [-0.4, -0.2) is 17.8 Å². The highest BCUT2D eigenvalue weighted by Gasteiger charge is 2.45. The van der Waals surface area contributed by atoms with E-state index in [9.17, 15) is 0 Å². The van der Waals surface area contributed by atoms with Gasteiger partial charge in [-0.1, -0.05) is 0 Å². The van der Waals surface area contributed by atoms with Gasteiger partial charge in [-0.3, -0.25) is 0 Å². The average Bonchev–Trinajstić information content (AvgIpc) is 2.44. The Hall–Kier alpha value is -0.0800.